The molecule has 1 spiro atoms. The van der Waals surface area contributed by atoms with Crippen LogP contribution in [0.4, 0.5) is 11.8 Å². The Kier molecular flexibility index (Phi) is 6.04. The largest absolute Gasteiger partial charge is 0.393 e. The molecule has 156 valence electrons. The van der Waals surface area contributed by atoms with Gasteiger partial charge in [0.2, 0.25) is 5.95 Å². The Morgan fingerprint density at radius 2 is 1.86 bits per heavy atom. The van der Waals surface area contributed by atoms with Gasteiger partial charge in [-0.15, -0.1) is 0 Å². The molecule has 0 aliphatic carbocycles. The molecule has 7 nitrogen and oxygen atoms in total. The molecule has 3 fully saturated rings. The van der Waals surface area contributed by atoms with E-state index in [2.05, 4.69) is 29.7 Å². The number of morpholine rings is 1. The van der Waals surface area contributed by atoms with Gasteiger partial charge in [-0.2, -0.15) is 4.98 Å². The molecule has 1 aromatic heterocycles. The summed E-state index contributed by atoms with van der Waals surface area (Å²) >= 11 is 0. The molecule has 7 heteroatoms. The standard InChI is InChI=1S/C21H34N4O3/c1-3-16-13-19(23-20(22-16)25-9-11-27-12-10-25)24-7-5-21(6-8-24)15-17(26)14-18(4-2)28-21/h13,17-18,26H,3-12,14-15H2,1-2H3/t17-,18+/m1/s1. The van der Waals surface area contributed by atoms with Crippen molar-refractivity contribution in [2.24, 2.45) is 0 Å². The highest BCUT2D eigenvalue weighted by Crippen LogP contribution is 2.39. The predicted octanol–water partition coefficient (Wildman–Crippen LogP) is 2.16. The minimum Gasteiger partial charge on any atom is -0.393 e. The maximum absolute atomic E-state index is 10.3. The van der Waals surface area contributed by atoms with E-state index in [1.54, 1.807) is 0 Å². The van der Waals surface area contributed by atoms with Crippen molar-refractivity contribution in [3.63, 3.8) is 0 Å². The lowest BCUT2D eigenvalue weighted by molar-refractivity contribution is -0.171. The molecule has 0 amide bonds. The Hall–Kier alpha value is -1.44. The number of hydrogen-bond donors (Lipinski definition) is 1. The SMILES string of the molecule is CCc1cc(N2CCC3(CC2)C[C@H](O)C[C@H](CC)O3)nc(N2CCOCC2)n1. The number of anilines is 2. The molecular weight excluding hydrogens is 356 g/mol. The van der Waals surface area contributed by atoms with Crippen molar-refractivity contribution >= 4 is 11.8 Å². The van der Waals surface area contributed by atoms with Gasteiger partial charge in [0.05, 0.1) is 31.0 Å². The number of aliphatic hydroxyl groups excluding tert-OH is 1. The average Bonchev–Trinajstić information content (AvgIpc) is 2.74. The van der Waals surface area contributed by atoms with E-state index in [1.165, 1.54) is 0 Å². The number of aromatic nitrogens is 2. The van der Waals surface area contributed by atoms with Crippen LogP contribution in [0, 0.1) is 0 Å². The summed E-state index contributed by atoms with van der Waals surface area (Å²) in [5.74, 6) is 1.85. The van der Waals surface area contributed by atoms with Gasteiger partial charge in [-0.05, 0) is 32.1 Å². The van der Waals surface area contributed by atoms with E-state index in [1.807, 2.05) is 0 Å². The van der Waals surface area contributed by atoms with Gasteiger partial charge in [0, 0.05) is 44.4 Å². The molecule has 0 aromatic carbocycles. The van der Waals surface area contributed by atoms with Crippen LogP contribution in [-0.4, -0.2) is 72.3 Å². The van der Waals surface area contributed by atoms with Crippen LogP contribution in [0.2, 0.25) is 0 Å². The molecule has 3 aliphatic heterocycles. The third kappa shape index (κ3) is 4.26. The first-order valence-electron chi connectivity index (χ1n) is 10.9. The number of ether oxygens (including phenoxy) is 2. The predicted molar refractivity (Wildman–Crippen MR) is 109 cm³/mol. The molecule has 0 saturated carbocycles. The number of nitrogens with zero attached hydrogens (tertiary/aromatic N) is 4. The fourth-order valence-corrected chi connectivity index (χ4v) is 4.70. The quantitative estimate of drug-likeness (QED) is 0.845. The number of aliphatic hydroxyl groups is 1. The van der Waals surface area contributed by atoms with Gasteiger partial charge in [0.15, 0.2) is 0 Å². The number of piperidine rings is 1. The van der Waals surface area contributed by atoms with Gasteiger partial charge in [0.25, 0.3) is 0 Å². The molecule has 1 N–H and O–H groups in total. The van der Waals surface area contributed by atoms with Gasteiger partial charge in [0.1, 0.15) is 5.82 Å². The summed E-state index contributed by atoms with van der Waals surface area (Å²) in [6, 6.07) is 2.13. The highest BCUT2D eigenvalue weighted by atomic mass is 16.5. The van der Waals surface area contributed by atoms with E-state index in [-0.39, 0.29) is 17.8 Å². The number of rotatable bonds is 4. The van der Waals surface area contributed by atoms with Crippen molar-refractivity contribution in [2.75, 3.05) is 49.2 Å². The summed E-state index contributed by atoms with van der Waals surface area (Å²) in [7, 11) is 0. The third-order valence-electron chi connectivity index (χ3n) is 6.42. The summed E-state index contributed by atoms with van der Waals surface area (Å²) in [6.45, 7) is 9.27. The molecule has 0 bridgehead atoms. The Morgan fingerprint density at radius 3 is 2.54 bits per heavy atom. The zero-order chi connectivity index (χ0) is 19.6. The Bertz CT molecular complexity index is 657. The van der Waals surface area contributed by atoms with Crippen LogP contribution in [0.25, 0.3) is 0 Å². The average molecular weight is 391 g/mol. The second kappa shape index (κ2) is 8.51. The van der Waals surface area contributed by atoms with Crippen LogP contribution >= 0.6 is 0 Å². The fourth-order valence-electron chi connectivity index (χ4n) is 4.70. The van der Waals surface area contributed by atoms with Gasteiger partial charge in [-0.3, -0.25) is 0 Å². The first-order valence-corrected chi connectivity index (χ1v) is 10.9. The second-order valence-corrected chi connectivity index (χ2v) is 8.38. The van der Waals surface area contributed by atoms with Gasteiger partial charge in [-0.1, -0.05) is 13.8 Å². The van der Waals surface area contributed by atoms with E-state index in [4.69, 9.17) is 19.4 Å². The molecule has 3 aliphatic rings. The first kappa shape index (κ1) is 19.9. The minimum absolute atomic E-state index is 0.164. The fraction of sp³-hybridized carbons (Fsp3) is 0.810. The van der Waals surface area contributed by atoms with E-state index >= 15 is 0 Å². The highest BCUT2D eigenvalue weighted by Gasteiger charge is 2.43. The van der Waals surface area contributed by atoms with Gasteiger partial charge >= 0.3 is 0 Å². The Labute approximate surface area is 168 Å². The monoisotopic (exact) mass is 390 g/mol. The van der Waals surface area contributed by atoms with Crippen molar-refractivity contribution in [2.45, 2.75) is 70.2 Å². The number of aryl methyl sites for hydroxylation is 1. The summed E-state index contributed by atoms with van der Waals surface area (Å²) in [5.41, 5.74) is 0.921. The Balaban J connectivity index is 1.48. The third-order valence-corrected chi connectivity index (χ3v) is 6.42. The van der Waals surface area contributed by atoms with Gasteiger partial charge < -0.3 is 24.4 Å². The molecule has 0 unspecified atom stereocenters. The summed E-state index contributed by atoms with van der Waals surface area (Å²) in [4.78, 5) is 14.3. The molecule has 1 aromatic rings. The van der Waals surface area contributed by atoms with Crippen molar-refractivity contribution in [1.29, 1.82) is 0 Å². The molecule has 0 radical (unpaired) electrons. The number of hydrogen-bond acceptors (Lipinski definition) is 7. The van der Waals surface area contributed by atoms with E-state index < -0.39 is 0 Å². The molecule has 4 rings (SSSR count). The zero-order valence-electron chi connectivity index (χ0n) is 17.3. The maximum atomic E-state index is 10.3. The van der Waals surface area contributed by atoms with Crippen LogP contribution < -0.4 is 9.80 Å². The molecule has 4 heterocycles. The lowest BCUT2D eigenvalue weighted by atomic mass is 9.81. The van der Waals surface area contributed by atoms with Gasteiger partial charge in [-0.25, -0.2) is 4.98 Å². The lowest BCUT2D eigenvalue weighted by Gasteiger charge is -2.48. The smallest absolute Gasteiger partial charge is 0.227 e. The topological polar surface area (TPSA) is 71.0 Å². The van der Waals surface area contributed by atoms with E-state index in [0.717, 1.165) is 95.4 Å². The van der Waals surface area contributed by atoms with Crippen LogP contribution in [0.1, 0.15) is 51.6 Å². The van der Waals surface area contributed by atoms with Crippen LogP contribution in [0.5, 0.6) is 0 Å². The minimum atomic E-state index is -0.232. The summed E-state index contributed by atoms with van der Waals surface area (Å²) < 4.78 is 11.9. The summed E-state index contributed by atoms with van der Waals surface area (Å²) in [5, 5.41) is 10.3. The normalized spacial score (nSPS) is 28.0. The van der Waals surface area contributed by atoms with Crippen molar-refractivity contribution in [3.8, 4) is 0 Å². The lowest BCUT2D eigenvalue weighted by Crippen LogP contribution is -2.53. The zero-order valence-corrected chi connectivity index (χ0v) is 17.3. The maximum Gasteiger partial charge on any atom is 0.227 e. The van der Waals surface area contributed by atoms with Crippen molar-refractivity contribution < 1.29 is 14.6 Å². The molecule has 28 heavy (non-hydrogen) atoms. The van der Waals surface area contributed by atoms with Crippen molar-refractivity contribution in [1.82, 2.24) is 9.97 Å². The van der Waals surface area contributed by atoms with E-state index in [0.29, 0.717) is 0 Å². The first-order chi connectivity index (χ1) is 13.6. The van der Waals surface area contributed by atoms with E-state index in [9.17, 15) is 5.11 Å². The van der Waals surface area contributed by atoms with Crippen LogP contribution in [-0.2, 0) is 15.9 Å². The van der Waals surface area contributed by atoms with Crippen molar-refractivity contribution in [3.05, 3.63) is 11.8 Å². The molecular formula is C21H34N4O3. The van der Waals surface area contributed by atoms with Crippen LogP contribution in [0.3, 0.4) is 0 Å². The summed E-state index contributed by atoms with van der Waals surface area (Å²) in [6.07, 6.45) is 5.25. The molecule has 2 atom stereocenters. The van der Waals surface area contributed by atoms with Crippen LogP contribution in [0.15, 0.2) is 6.07 Å². The molecule has 3 saturated heterocycles. The second-order valence-electron chi connectivity index (χ2n) is 8.38. The highest BCUT2D eigenvalue weighted by molar-refractivity contribution is 5.47. The Morgan fingerprint density at radius 1 is 1.11 bits per heavy atom.